The Labute approximate surface area is 151 Å². The van der Waals surface area contributed by atoms with Gasteiger partial charge in [0.05, 0.1) is 11.1 Å². The zero-order valence-electron chi connectivity index (χ0n) is 15.1. The van der Waals surface area contributed by atoms with E-state index in [0.717, 1.165) is 5.69 Å². The van der Waals surface area contributed by atoms with E-state index in [9.17, 15) is 14.7 Å². The molecular weight excluding hydrogens is 336 g/mol. The number of piperazine rings is 1. The van der Waals surface area contributed by atoms with Crippen LogP contribution >= 0.6 is 0 Å². The van der Waals surface area contributed by atoms with Gasteiger partial charge in [-0.15, -0.1) is 0 Å². The summed E-state index contributed by atoms with van der Waals surface area (Å²) in [6.45, 7) is 7.84. The lowest BCUT2D eigenvalue weighted by Crippen LogP contribution is -2.50. The molecular formula is C18H22N4O4. The molecule has 0 atom stereocenters. The molecule has 0 bridgehead atoms. The van der Waals surface area contributed by atoms with Gasteiger partial charge < -0.3 is 19.6 Å². The average molecular weight is 358 g/mol. The second-order valence-electron chi connectivity index (χ2n) is 7.18. The third kappa shape index (κ3) is 3.68. The van der Waals surface area contributed by atoms with Crippen molar-refractivity contribution in [3.05, 3.63) is 30.2 Å². The summed E-state index contributed by atoms with van der Waals surface area (Å²) >= 11 is 0. The van der Waals surface area contributed by atoms with Gasteiger partial charge in [-0.05, 0) is 32.9 Å². The number of nitrogens with zero attached hydrogens (tertiary/aromatic N) is 4. The first kappa shape index (κ1) is 17.9. The monoisotopic (exact) mass is 358 g/mol. The van der Waals surface area contributed by atoms with E-state index in [1.165, 1.54) is 6.33 Å². The van der Waals surface area contributed by atoms with Gasteiger partial charge in [-0.2, -0.15) is 0 Å². The van der Waals surface area contributed by atoms with Gasteiger partial charge in [0, 0.05) is 43.4 Å². The molecule has 1 aromatic carbocycles. The van der Waals surface area contributed by atoms with Crippen LogP contribution in [0.1, 0.15) is 31.1 Å². The molecule has 1 N–H and O–H groups in total. The average Bonchev–Trinajstić information content (AvgIpc) is 2.59. The van der Waals surface area contributed by atoms with Crippen LogP contribution in [0.5, 0.6) is 0 Å². The number of rotatable bonds is 2. The van der Waals surface area contributed by atoms with Gasteiger partial charge in [0.15, 0.2) is 0 Å². The Bertz CT molecular complexity index is 839. The lowest BCUT2D eigenvalue weighted by molar-refractivity contribution is 0.0240. The minimum Gasteiger partial charge on any atom is -0.478 e. The molecule has 0 aliphatic carbocycles. The van der Waals surface area contributed by atoms with Crippen molar-refractivity contribution in [1.29, 1.82) is 0 Å². The number of carbonyl (C=O) groups is 2. The molecule has 0 radical (unpaired) electrons. The summed E-state index contributed by atoms with van der Waals surface area (Å²) < 4.78 is 5.41. The molecule has 1 amide bonds. The van der Waals surface area contributed by atoms with Crippen LogP contribution in [0, 0.1) is 0 Å². The molecule has 8 nitrogen and oxygen atoms in total. The van der Waals surface area contributed by atoms with Gasteiger partial charge in [0.25, 0.3) is 0 Å². The van der Waals surface area contributed by atoms with Crippen molar-refractivity contribution in [2.45, 2.75) is 26.4 Å². The summed E-state index contributed by atoms with van der Waals surface area (Å²) in [5, 5.41) is 10.0. The number of aromatic carboxylic acids is 1. The number of amides is 1. The number of hydrogen-bond donors (Lipinski definition) is 1. The highest BCUT2D eigenvalue weighted by Crippen LogP contribution is 2.28. The van der Waals surface area contributed by atoms with Crippen molar-refractivity contribution in [1.82, 2.24) is 14.9 Å². The van der Waals surface area contributed by atoms with E-state index in [-0.39, 0.29) is 11.7 Å². The van der Waals surface area contributed by atoms with Crippen LogP contribution in [0.3, 0.4) is 0 Å². The van der Waals surface area contributed by atoms with E-state index >= 15 is 0 Å². The molecule has 1 aliphatic heterocycles. The fourth-order valence-corrected chi connectivity index (χ4v) is 2.97. The molecule has 2 heterocycles. The van der Waals surface area contributed by atoms with Crippen molar-refractivity contribution in [3.63, 3.8) is 0 Å². The second kappa shape index (κ2) is 6.78. The Morgan fingerprint density at radius 1 is 1.15 bits per heavy atom. The lowest BCUT2D eigenvalue weighted by atomic mass is 10.1. The molecule has 138 valence electrons. The lowest BCUT2D eigenvalue weighted by Gasteiger charge is -2.37. The molecule has 2 aromatic rings. The summed E-state index contributed by atoms with van der Waals surface area (Å²) in [7, 11) is 0. The van der Waals surface area contributed by atoms with Crippen LogP contribution in [0.2, 0.25) is 0 Å². The van der Waals surface area contributed by atoms with E-state index < -0.39 is 11.6 Å². The summed E-state index contributed by atoms with van der Waals surface area (Å²) in [6.07, 6.45) is 2.66. The first-order valence-corrected chi connectivity index (χ1v) is 8.45. The molecule has 0 unspecified atom stereocenters. The van der Waals surface area contributed by atoms with Gasteiger partial charge in [-0.3, -0.25) is 0 Å². The quantitative estimate of drug-likeness (QED) is 0.880. The van der Waals surface area contributed by atoms with Crippen molar-refractivity contribution >= 4 is 28.7 Å². The van der Waals surface area contributed by atoms with Crippen molar-refractivity contribution in [3.8, 4) is 0 Å². The Morgan fingerprint density at radius 2 is 1.85 bits per heavy atom. The van der Waals surface area contributed by atoms with Crippen LogP contribution in [0.15, 0.2) is 24.7 Å². The Kier molecular flexibility index (Phi) is 4.67. The SMILES string of the molecule is CC(C)(C)OC(=O)N1CCN(c2ccc(C(=O)O)c3ncncc23)CC1. The minimum atomic E-state index is -1.02. The van der Waals surface area contributed by atoms with E-state index in [0.29, 0.717) is 37.1 Å². The molecule has 1 saturated heterocycles. The van der Waals surface area contributed by atoms with Crippen LogP contribution in [-0.2, 0) is 4.74 Å². The highest BCUT2D eigenvalue weighted by atomic mass is 16.6. The Hall–Kier alpha value is -2.90. The highest BCUT2D eigenvalue weighted by Gasteiger charge is 2.27. The van der Waals surface area contributed by atoms with Crippen LogP contribution in [0.4, 0.5) is 10.5 Å². The standard InChI is InChI=1S/C18H22N4O4/c1-18(2,3)26-17(25)22-8-6-21(7-9-22)14-5-4-12(16(23)24)15-13(14)10-19-11-20-15/h4-5,10-11H,6-9H2,1-3H3,(H,23,24). The van der Waals surface area contributed by atoms with Crippen molar-refractivity contribution < 1.29 is 19.4 Å². The Balaban J connectivity index is 1.79. The molecule has 3 rings (SSSR count). The maximum atomic E-state index is 12.2. The first-order chi connectivity index (χ1) is 12.3. The molecule has 26 heavy (non-hydrogen) atoms. The maximum Gasteiger partial charge on any atom is 0.410 e. The van der Waals surface area contributed by atoms with Crippen molar-refractivity contribution in [2.24, 2.45) is 0 Å². The Morgan fingerprint density at radius 3 is 2.46 bits per heavy atom. The summed E-state index contributed by atoms with van der Waals surface area (Å²) in [5.74, 6) is -1.02. The van der Waals surface area contributed by atoms with E-state index in [1.54, 1.807) is 23.2 Å². The number of carbonyl (C=O) groups excluding carboxylic acids is 1. The number of carboxylic acids is 1. The summed E-state index contributed by atoms with van der Waals surface area (Å²) in [6, 6.07) is 3.34. The summed E-state index contributed by atoms with van der Waals surface area (Å²) in [4.78, 5) is 35.6. The predicted molar refractivity (Wildman–Crippen MR) is 96.5 cm³/mol. The minimum absolute atomic E-state index is 0.151. The largest absolute Gasteiger partial charge is 0.478 e. The normalized spacial score (nSPS) is 15.2. The van der Waals surface area contributed by atoms with Gasteiger partial charge in [0.1, 0.15) is 11.9 Å². The van der Waals surface area contributed by atoms with Gasteiger partial charge in [-0.1, -0.05) is 0 Å². The predicted octanol–water partition coefficient (Wildman–Crippen LogP) is 2.39. The van der Waals surface area contributed by atoms with Gasteiger partial charge in [-0.25, -0.2) is 19.6 Å². The highest BCUT2D eigenvalue weighted by molar-refractivity contribution is 6.05. The second-order valence-corrected chi connectivity index (χ2v) is 7.18. The van der Waals surface area contributed by atoms with Gasteiger partial charge in [0.2, 0.25) is 0 Å². The number of fused-ring (bicyclic) bond motifs is 1. The fourth-order valence-electron chi connectivity index (χ4n) is 2.97. The smallest absolute Gasteiger partial charge is 0.410 e. The first-order valence-electron chi connectivity index (χ1n) is 8.45. The zero-order valence-corrected chi connectivity index (χ0v) is 15.1. The van der Waals surface area contributed by atoms with Crippen molar-refractivity contribution in [2.75, 3.05) is 31.1 Å². The number of aromatic nitrogens is 2. The van der Waals surface area contributed by atoms with E-state index in [1.807, 2.05) is 20.8 Å². The zero-order chi connectivity index (χ0) is 18.9. The fraction of sp³-hybridized carbons (Fsp3) is 0.444. The number of hydrogen-bond acceptors (Lipinski definition) is 6. The third-order valence-corrected chi connectivity index (χ3v) is 4.15. The number of anilines is 1. The van der Waals surface area contributed by atoms with Gasteiger partial charge >= 0.3 is 12.1 Å². The molecule has 1 fully saturated rings. The van der Waals surface area contributed by atoms with Crippen LogP contribution in [0.25, 0.3) is 10.9 Å². The molecule has 1 aliphatic rings. The summed E-state index contributed by atoms with van der Waals surface area (Å²) in [5.41, 5.74) is 0.918. The molecule has 1 aromatic heterocycles. The topological polar surface area (TPSA) is 95.9 Å². The van der Waals surface area contributed by atoms with Crippen LogP contribution in [-0.4, -0.2) is 63.8 Å². The van der Waals surface area contributed by atoms with Crippen LogP contribution < -0.4 is 4.90 Å². The molecule has 0 saturated carbocycles. The molecule has 8 heteroatoms. The molecule has 0 spiro atoms. The third-order valence-electron chi connectivity index (χ3n) is 4.15. The maximum absolute atomic E-state index is 12.2. The van der Waals surface area contributed by atoms with E-state index in [4.69, 9.17) is 4.74 Å². The number of ether oxygens (including phenoxy) is 1. The number of benzene rings is 1. The van der Waals surface area contributed by atoms with E-state index in [2.05, 4.69) is 14.9 Å². The number of carboxylic acid groups (broad SMARTS) is 1.